The number of aryl methyl sites for hydroxylation is 2. The summed E-state index contributed by atoms with van der Waals surface area (Å²) in [5.41, 5.74) is 6.78. The summed E-state index contributed by atoms with van der Waals surface area (Å²) < 4.78 is 0. The van der Waals surface area contributed by atoms with Crippen LogP contribution in [0.4, 0.5) is 0 Å². The minimum atomic E-state index is -0.448. The van der Waals surface area contributed by atoms with Gasteiger partial charge in [-0.3, -0.25) is 0 Å². The maximum Gasteiger partial charge on any atom is 1.00 e. The van der Waals surface area contributed by atoms with E-state index in [0.717, 1.165) is 22.4 Å². The molecule has 1 fully saturated rings. The van der Waals surface area contributed by atoms with E-state index in [4.69, 9.17) is 0 Å². The van der Waals surface area contributed by atoms with Gasteiger partial charge in [-0.05, 0) is 134 Å². The van der Waals surface area contributed by atoms with E-state index >= 15 is 0 Å². The van der Waals surface area contributed by atoms with Crippen molar-refractivity contribution in [3.05, 3.63) is 219 Å². The van der Waals surface area contributed by atoms with Gasteiger partial charge in [-0.15, -0.1) is 0 Å². The first-order chi connectivity index (χ1) is 27.9. The molecule has 8 rings (SSSR count). The molecule has 1 aliphatic carbocycles. The number of halogens is 1. The molecule has 0 heterocycles. The van der Waals surface area contributed by atoms with Crippen LogP contribution in [-0.2, 0) is 37.0 Å². The first-order valence-electron chi connectivity index (χ1n) is 19.7. The molecule has 0 bridgehead atoms. The van der Waals surface area contributed by atoms with Crippen LogP contribution in [0.25, 0.3) is 21.9 Å². The second-order valence-corrected chi connectivity index (χ2v) is 20.4. The summed E-state index contributed by atoms with van der Waals surface area (Å²) in [7, 11) is -0.897. The quantitative estimate of drug-likeness (QED) is 0.0478. The van der Waals surface area contributed by atoms with Crippen molar-refractivity contribution in [3.8, 4) is 16.9 Å². The molecule has 302 valence electrons. The number of phenols is 1. The van der Waals surface area contributed by atoms with E-state index in [-0.39, 0.29) is 43.5 Å². The predicted molar refractivity (Wildman–Crippen MR) is 257 cm³/mol. The normalized spacial score (nSPS) is 12.9. The number of benzene rings is 7. The Morgan fingerprint density at radius 3 is 1.29 bits per heavy atom. The number of fused-ring (bicyclic) bond motifs is 1. The molecule has 6 radical (unpaired) electrons. The van der Waals surface area contributed by atoms with Gasteiger partial charge in [0.05, 0.1) is 6.26 Å². The molecule has 1 aliphatic rings. The SMILES string of the molecule is C[C@@H]([C@H](C)P(c1ccccc1)c1ccccc1)P(c1ccccc1)c1ccccc1.C[SH+]Cc1ccc2ccccc2c1-c1c(C)cc(C)cc1O.[CH]1[CH][CH][CH][CH]1.[I-].[Ru+]. The molecule has 1 N–H and O–H groups in total. The van der Waals surface area contributed by atoms with E-state index in [2.05, 4.69) is 191 Å². The van der Waals surface area contributed by atoms with E-state index in [1.165, 1.54) is 54.9 Å². The molecule has 7 aromatic carbocycles. The van der Waals surface area contributed by atoms with E-state index < -0.39 is 15.8 Å². The number of hydrogen-bond donors (Lipinski definition) is 1. The first kappa shape index (κ1) is 48.8. The minimum absolute atomic E-state index is 0. The van der Waals surface area contributed by atoms with E-state index in [1.54, 1.807) is 0 Å². The number of thiol groups is 1. The van der Waals surface area contributed by atoms with Crippen LogP contribution >= 0.6 is 15.8 Å². The average molecular weight is 1030 g/mol. The number of hydrogen-bond acceptors (Lipinski definition) is 1. The summed E-state index contributed by atoms with van der Waals surface area (Å²) >= 11 is 1.33. The van der Waals surface area contributed by atoms with Gasteiger partial charge in [0.1, 0.15) is 11.5 Å². The van der Waals surface area contributed by atoms with Gasteiger partial charge in [0.15, 0.2) is 0 Å². The molecular weight excluding hydrogens is 975 g/mol. The van der Waals surface area contributed by atoms with Crippen LogP contribution in [0.1, 0.15) is 30.5 Å². The molecule has 2 atom stereocenters. The number of phenolic OH excluding ortho intramolecular Hbond substituents is 1. The molecule has 59 heavy (non-hydrogen) atoms. The zero-order valence-electron chi connectivity index (χ0n) is 34.4. The Bertz CT molecular complexity index is 2070. The monoisotopic (exact) mass is 1030 g/mol. The average Bonchev–Trinajstić information content (AvgIpc) is 3.84. The molecule has 1 nitrogen and oxygen atoms in total. The van der Waals surface area contributed by atoms with Crippen LogP contribution in [0.3, 0.4) is 0 Å². The summed E-state index contributed by atoms with van der Waals surface area (Å²) in [6.45, 7) is 9.04. The fourth-order valence-corrected chi connectivity index (χ4v) is 14.2. The van der Waals surface area contributed by atoms with Gasteiger partial charge < -0.3 is 29.1 Å². The molecule has 0 unspecified atom stereocenters. The second-order valence-electron chi connectivity index (χ2n) is 14.3. The summed E-state index contributed by atoms with van der Waals surface area (Å²) in [6.07, 6.45) is 12.2. The second kappa shape index (κ2) is 25.2. The first-order valence-corrected chi connectivity index (χ1v) is 24.0. The molecule has 0 aliphatic heterocycles. The molecular formula is C53H54IOP2RuS+. The molecule has 0 spiro atoms. The molecule has 7 aromatic rings. The Hall–Kier alpha value is -2.84. The predicted octanol–water partition coefficient (Wildman–Crippen LogP) is 8.83. The van der Waals surface area contributed by atoms with Crippen LogP contribution in [-0.4, -0.2) is 22.7 Å². The van der Waals surface area contributed by atoms with Crippen molar-refractivity contribution in [1.29, 1.82) is 0 Å². The summed E-state index contributed by atoms with van der Waals surface area (Å²) in [4.78, 5) is 0. The molecule has 0 saturated heterocycles. The summed E-state index contributed by atoms with van der Waals surface area (Å²) in [5, 5.41) is 18.9. The van der Waals surface area contributed by atoms with Crippen LogP contribution in [0.15, 0.2) is 170 Å². The van der Waals surface area contributed by atoms with Crippen molar-refractivity contribution in [1.82, 2.24) is 0 Å². The third-order valence-electron chi connectivity index (χ3n) is 10.3. The van der Waals surface area contributed by atoms with E-state index in [0.29, 0.717) is 17.1 Å². The van der Waals surface area contributed by atoms with Crippen molar-refractivity contribution in [2.45, 2.75) is 44.8 Å². The van der Waals surface area contributed by atoms with Crippen molar-refractivity contribution >= 4 is 59.6 Å². The molecule has 0 aromatic heterocycles. The minimum Gasteiger partial charge on any atom is -1.00 e. The van der Waals surface area contributed by atoms with Crippen molar-refractivity contribution < 1.29 is 48.6 Å². The van der Waals surface area contributed by atoms with Gasteiger partial charge in [-0.2, -0.15) is 0 Å². The molecule has 6 heteroatoms. The zero-order chi connectivity index (χ0) is 40.0. The van der Waals surface area contributed by atoms with Crippen LogP contribution in [0.2, 0.25) is 0 Å². The standard InChI is InChI=1S/C28H28P2.C20H20OS.C5H5.HI.Ru/c1-23(29(25-15-7-3-8-16-25)26-17-9-4-10-18-26)24(2)30(27-19-11-5-12-20-27)28-21-13-6-14-22-28;1-13-10-14(2)19(18(21)11-13)20-16(12-22-3)9-8-15-6-4-5-7-17(15)20;1-2-4-5-3-1;;/h3-24H,1-2H3;4-11,21H,12H2,1-3H3;1-5H;1H;/q;;;;+1/t23-,24-;;;;/m0..../s1. The topological polar surface area (TPSA) is 20.2 Å². The van der Waals surface area contributed by atoms with Gasteiger partial charge in [0.2, 0.25) is 0 Å². The summed E-state index contributed by atoms with van der Waals surface area (Å²) in [6, 6.07) is 61.3. The maximum absolute atomic E-state index is 10.6. The fourth-order valence-electron chi connectivity index (χ4n) is 7.53. The Kier molecular flexibility index (Phi) is 20.8. The van der Waals surface area contributed by atoms with Gasteiger partial charge in [-0.1, -0.05) is 178 Å². The van der Waals surface area contributed by atoms with Gasteiger partial charge >= 0.3 is 19.5 Å². The van der Waals surface area contributed by atoms with Gasteiger partial charge in [0.25, 0.3) is 0 Å². The summed E-state index contributed by atoms with van der Waals surface area (Å²) in [5.74, 6) is 1.37. The largest absolute Gasteiger partial charge is 1.00 e. The van der Waals surface area contributed by atoms with Crippen molar-refractivity contribution in [2.75, 3.05) is 6.26 Å². The molecule has 0 amide bonds. The van der Waals surface area contributed by atoms with Gasteiger partial charge in [0, 0.05) is 16.7 Å². The van der Waals surface area contributed by atoms with Crippen molar-refractivity contribution in [3.63, 3.8) is 0 Å². The Morgan fingerprint density at radius 1 is 0.508 bits per heavy atom. The van der Waals surface area contributed by atoms with Crippen LogP contribution < -0.4 is 45.2 Å². The fraction of sp³-hybridized carbons (Fsp3) is 0.151. The van der Waals surface area contributed by atoms with Crippen LogP contribution in [0, 0.1) is 46.0 Å². The smallest absolute Gasteiger partial charge is 1.00 e. The number of rotatable bonds is 10. The Labute approximate surface area is 391 Å². The van der Waals surface area contributed by atoms with E-state index in [9.17, 15) is 5.11 Å². The third kappa shape index (κ3) is 13.1. The molecule has 1 saturated carbocycles. The van der Waals surface area contributed by atoms with Crippen LogP contribution in [0.5, 0.6) is 5.75 Å². The number of aromatic hydroxyl groups is 1. The Balaban J connectivity index is 0.000000233. The third-order valence-corrected chi connectivity index (χ3v) is 17.1. The van der Waals surface area contributed by atoms with E-state index in [1.807, 2.05) is 45.1 Å². The van der Waals surface area contributed by atoms with Crippen molar-refractivity contribution in [2.24, 2.45) is 0 Å². The van der Waals surface area contributed by atoms with Gasteiger partial charge in [-0.25, -0.2) is 0 Å². The zero-order valence-corrected chi connectivity index (χ0v) is 41.0. The Morgan fingerprint density at radius 2 is 0.898 bits per heavy atom. The maximum atomic E-state index is 10.6.